The van der Waals surface area contributed by atoms with Crippen molar-refractivity contribution in [3.05, 3.63) is 83.1 Å². The van der Waals surface area contributed by atoms with Crippen LogP contribution in [0.5, 0.6) is 0 Å². The van der Waals surface area contributed by atoms with Gasteiger partial charge in [0, 0.05) is 32.0 Å². The van der Waals surface area contributed by atoms with Crippen molar-refractivity contribution in [3.8, 4) is 17.3 Å². The molecule has 0 bridgehead atoms. The van der Waals surface area contributed by atoms with Crippen molar-refractivity contribution in [2.45, 2.75) is 63.5 Å². The summed E-state index contributed by atoms with van der Waals surface area (Å²) in [5, 5.41) is 14.0. The van der Waals surface area contributed by atoms with Crippen LogP contribution in [-0.2, 0) is 16.6 Å². The molecule has 3 heterocycles. The number of ether oxygens (including phenoxy) is 1. The van der Waals surface area contributed by atoms with Gasteiger partial charge in [-0.1, -0.05) is 6.92 Å². The molecule has 39 heavy (non-hydrogen) atoms. The van der Waals surface area contributed by atoms with Crippen LogP contribution in [0, 0.1) is 28.9 Å². The Morgan fingerprint density at radius 1 is 1.15 bits per heavy atom. The monoisotopic (exact) mass is 530 g/mol. The summed E-state index contributed by atoms with van der Waals surface area (Å²) in [5.41, 5.74) is 8.49. The zero-order valence-corrected chi connectivity index (χ0v) is 22.5. The van der Waals surface area contributed by atoms with Crippen LogP contribution >= 0.6 is 0 Å². The molecule has 0 aliphatic heterocycles. The number of hydrogen-bond donors (Lipinski definition) is 1. The minimum absolute atomic E-state index is 0.0335. The standard InChI is InChI=1S/C30H32F2N6O/c1-17-9-18(10-25(34)29(17)39-4)22-7-8-35-14-19(22)11-27-36-15-21-5-6-26(37-38(21)27)28-23(31)12-20(13-24(28)32)30(2,3)16-33/h5-8,12-15,17-18,25,29H,9-11,34H2,1-4H3/t17-,18+,25+,29+/m0/s1. The first kappa shape index (κ1) is 26.9. The molecule has 5 rings (SSSR count). The molecule has 1 fully saturated rings. The minimum Gasteiger partial charge on any atom is -0.380 e. The van der Waals surface area contributed by atoms with Crippen molar-refractivity contribution in [2.75, 3.05) is 7.11 Å². The summed E-state index contributed by atoms with van der Waals surface area (Å²) in [4.78, 5) is 8.93. The van der Waals surface area contributed by atoms with Crippen LogP contribution in [0.1, 0.15) is 62.0 Å². The van der Waals surface area contributed by atoms with E-state index in [-0.39, 0.29) is 34.9 Å². The zero-order chi connectivity index (χ0) is 27.9. The van der Waals surface area contributed by atoms with E-state index in [1.165, 1.54) is 17.7 Å². The van der Waals surface area contributed by atoms with Gasteiger partial charge in [0.05, 0.1) is 40.6 Å². The average Bonchev–Trinajstić information content (AvgIpc) is 3.30. The van der Waals surface area contributed by atoms with Crippen LogP contribution in [0.4, 0.5) is 8.78 Å². The summed E-state index contributed by atoms with van der Waals surface area (Å²) >= 11 is 0. The predicted octanol–water partition coefficient (Wildman–Crippen LogP) is 5.32. The lowest BCUT2D eigenvalue weighted by atomic mass is 9.74. The number of rotatable bonds is 6. The fourth-order valence-corrected chi connectivity index (χ4v) is 5.81. The van der Waals surface area contributed by atoms with Crippen molar-refractivity contribution in [2.24, 2.45) is 11.7 Å². The molecule has 7 nitrogen and oxygen atoms in total. The van der Waals surface area contributed by atoms with Gasteiger partial charge in [-0.05, 0) is 85.5 Å². The van der Waals surface area contributed by atoms with Gasteiger partial charge in [0.1, 0.15) is 17.5 Å². The molecule has 0 radical (unpaired) electrons. The maximum Gasteiger partial charge on any atom is 0.135 e. The van der Waals surface area contributed by atoms with E-state index in [9.17, 15) is 5.26 Å². The van der Waals surface area contributed by atoms with E-state index in [4.69, 9.17) is 10.5 Å². The Hall–Kier alpha value is -3.74. The Bertz CT molecular complexity index is 1520. The van der Waals surface area contributed by atoms with Gasteiger partial charge in [0.2, 0.25) is 0 Å². The molecule has 1 aliphatic carbocycles. The maximum absolute atomic E-state index is 15.2. The van der Waals surface area contributed by atoms with E-state index < -0.39 is 17.0 Å². The number of nitriles is 1. The molecule has 1 aromatic carbocycles. The highest BCUT2D eigenvalue weighted by atomic mass is 19.1. The fourth-order valence-electron chi connectivity index (χ4n) is 5.81. The molecule has 1 aliphatic rings. The lowest BCUT2D eigenvalue weighted by Crippen LogP contribution is -2.45. The first-order valence-electron chi connectivity index (χ1n) is 13.1. The summed E-state index contributed by atoms with van der Waals surface area (Å²) in [7, 11) is 1.71. The Morgan fingerprint density at radius 2 is 1.90 bits per heavy atom. The van der Waals surface area contributed by atoms with Gasteiger partial charge in [-0.25, -0.2) is 18.3 Å². The van der Waals surface area contributed by atoms with Gasteiger partial charge < -0.3 is 10.5 Å². The third kappa shape index (κ3) is 5.02. The molecular weight excluding hydrogens is 498 g/mol. The smallest absolute Gasteiger partial charge is 0.135 e. The second kappa shape index (κ2) is 10.4. The lowest BCUT2D eigenvalue weighted by Gasteiger charge is -2.38. The third-order valence-electron chi connectivity index (χ3n) is 7.95. The van der Waals surface area contributed by atoms with E-state index >= 15 is 8.78 Å². The van der Waals surface area contributed by atoms with Gasteiger partial charge in [0.25, 0.3) is 0 Å². The second-order valence-corrected chi connectivity index (χ2v) is 11.0. The first-order chi connectivity index (χ1) is 18.6. The highest BCUT2D eigenvalue weighted by Crippen LogP contribution is 2.38. The number of benzene rings is 1. The normalized spacial score (nSPS) is 21.7. The number of nitrogens with two attached hydrogens (primary N) is 1. The van der Waals surface area contributed by atoms with E-state index in [2.05, 4.69) is 28.1 Å². The van der Waals surface area contributed by atoms with Crippen LogP contribution < -0.4 is 5.73 Å². The molecule has 1 saturated carbocycles. The van der Waals surface area contributed by atoms with E-state index in [0.717, 1.165) is 18.4 Å². The van der Waals surface area contributed by atoms with Crippen molar-refractivity contribution in [1.82, 2.24) is 19.6 Å². The quantitative estimate of drug-likeness (QED) is 0.362. The number of imidazole rings is 1. The zero-order valence-electron chi connectivity index (χ0n) is 22.5. The van der Waals surface area contributed by atoms with Gasteiger partial charge in [0.15, 0.2) is 0 Å². The minimum atomic E-state index is -1.03. The molecule has 2 N–H and O–H groups in total. The van der Waals surface area contributed by atoms with Gasteiger partial charge >= 0.3 is 0 Å². The number of methoxy groups -OCH3 is 1. The lowest BCUT2D eigenvalue weighted by molar-refractivity contribution is 0.00970. The van der Waals surface area contributed by atoms with Crippen LogP contribution in [0.3, 0.4) is 0 Å². The topological polar surface area (TPSA) is 102 Å². The summed E-state index contributed by atoms with van der Waals surface area (Å²) in [6.07, 6.45) is 7.56. The highest BCUT2D eigenvalue weighted by Gasteiger charge is 2.35. The number of hydrogen-bond acceptors (Lipinski definition) is 6. The molecule has 4 atom stereocenters. The molecule has 9 heteroatoms. The van der Waals surface area contributed by atoms with Crippen LogP contribution in [-0.4, -0.2) is 38.8 Å². The number of pyridine rings is 1. The van der Waals surface area contributed by atoms with Crippen LogP contribution in [0.15, 0.2) is 48.9 Å². The Balaban J connectivity index is 1.49. The molecule has 0 unspecified atom stereocenters. The average molecular weight is 531 g/mol. The summed E-state index contributed by atoms with van der Waals surface area (Å²) < 4.78 is 37.6. The number of nitrogens with zero attached hydrogens (tertiary/aromatic N) is 5. The van der Waals surface area contributed by atoms with Crippen molar-refractivity contribution >= 4 is 5.52 Å². The van der Waals surface area contributed by atoms with E-state index in [0.29, 0.717) is 23.7 Å². The van der Waals surface area contributed by atoms with Gasteiger partial charge in [-0.3, -0.25) is 4.98 Å². The summed E-state index contributed by atoms with van der Waals surface area (Å²) in [5.74, 6) is -0.334. The maximum atomic E-state index is 15.2. The third-order valence-corrected chi connectivity index (χ3v) is 7.95. The van der Waals surface area contributed by atoms with Crippen LogP contribution in [0.25, 0.3) is 16.8 Å². The summed E-state index contributed by atoms with van der Waals surface area (Å²) in [6.45, 7) is 5.40. The predicted molar refractivity (Wildman–Crippen MR) is 144 cm³/mol. The van der Waals surface area contributed by atoms with Crippen molar-refractivity contribution < 1.29 is 13.5 Å². The number of fused-ring (bicyclic) bond motifs is 1. The van der Waals surface area contributed by atoms with Crippen molar-refractivity contribution in [1.29, 1.82) is 5.26 Å². The van der Waals surface area contributed by atoms with Crippen molar-refractivity contribution in [3.63, 3.8) is 0 Å². The molecule has 3 aromatic heterocycles. The van der Waals surface area contributed by atoms with Gasteiger partial charge in [-0.15, -0.1) is 0 Å². The molecule has 0 amide bonds. The van der Waals surface area contributed by atoms with Crippen LogP contribution in [0.2, 0.25) is 0 Å². The Morgan fingerprint density at radius 3 is 2.56 bits per heavy atom. The SMILES string of the molecule is CO[C@H]1[C@H](N)C[C@H](c2ccncc2Cc2ncc3ccc(-c4c(F)cc(C(C)(C)C#N)cc4F)nn23)C[C@@H]1C. The van der Waals surface area contributed by atoms with E-state index in [1.807, 2.05) is 12.3 Å². The first-order valence-corrected chi connectivity index (χ1v) is 13.1. The molecule has 0 saturated heterocycles. The summed E-state index contributed by atoms with van der Waals surface area (Å²) in [6, 6.07) is 9.78. The number of aromatic nitrogens is 4. The van der Waals surface area contributed by atoms with Gasteiger partial charge in [-0.2, -0.15) is 10.4 Å². The molecule has 4 aromatic rings. The molecule has 202 valence electrons. The highest BCUT2D eigenvalue weighted by molar-refractivity contribution is 5.63. The largest absolute Gasteiger partial charge is 0.380 e. The Labute approximate surface area is 226 Å². The Kier molecular flexibility index (Phi) is 7.19. The number of halogens is 2. The van der Waals surface area contributed by atoms with E-state index in [1.54, 1.807) is 50.0 Å². The molecule has 0 spiro atoms. The molecular formula is C30H32F2N6O. The second-order valence-electron chi connectivity index (χ2n) is 11.0. The fraction of sp³-hybridized carbons (Fsp3) is 0.400.